The molecular weight excluding hydrogens is 292 g/mol. The van der Waals surface area contributed by atoms with Crippen LogP contribution in [0.15, 0.2) is 24.8 Å². The van der Waals surface area contributed by atoms with E-state index in [1.807, 2.05) is 17.0 Å². The summed E-state index contributed by atoms with van der Waals surface area (Å²) in [5.74, 6) is 0.771. The van der Waals surface area contributed by atoms with Crippen LogP contribution in [-0.2, 0) is 11.3 Å². The van der Waals surface area contributed by atoms with Crippen molar-refractivity contribution in [1.82, 2.24) is 10.2 Å². The minimum absolute atomic E-state index is 0.0610. The van der Waals surface area contributed by atoms with E-state index in [1.165, 1.54) is 11.3 Å². The van der Waals surface area contributed by atoms with E-state index in [0.29, 0.717) is 19.0 Å². The lowest BCUT2D eigenvalue weighted by atomic mass is 9.93. The van der Waals surface area contributed by atoms with E-state index >= 15 is 0 Å². The second-order valence-electron chi connectivity index (χ2n) is 5.35. The van der Waals surface area contributed by atoms with E-state index in [1.54, 1.807) is 6.08 Å². The van der Waals surface area contributed by atoms with Crippen molar-refractivity contribution in [3.8, 4) is 0 Å². The third-order valence-electron chi connectivity index (χ3n) is 3.60. The Bertz CT molecular complexity index is 474. The van der Waals surface area contributed by atoms with Crippen LogP contribution < -0.4 is 5.32 Å². The number of carbonyl (C=O) groups is 1. The zero-order valence-corrected chi connectivity index (χ0v) is 13.3. The van der Waals surface area contributed by atoms with Crippen LogP contribution >= 0.6 is 22.9 Å². The fourth-order valence-electron chi connectivity index (χ4n) is 2.53. The summed E-state index contributed by atoms with van der Waals surface area (Å²) < 4.78 is 0.760. The number of amides is 1. The first-order valence-electron chi connectivity index (χ1n) is 6.97. The van der Waals surface area contributed by atoms with Gasteiger partial charge in [0.25, 0.3) is 0 Å². The van der Waals surface area contributed by atoms with Crippen molar-refractivity contribution in [2.75, 3.05) is 13.1 Å². The molecule has 1 aromatic heterocycles. The maximum Gasteiger partial charge on any atom is 0.240 e. The zero-order valence-electron chi connectivity index (χ0n) is 11.8. The molecule has 0 spiro atoms. The van der Waals surface area contributed by atoms with Crippen molar-refractivity contribution < 1.29 is 4.79 Å². The quantitative estimate of drug-likeness (QED) is 0.846. The maximum atomic E-state index is 12.6. The average molecular weight is 313 g/mol. The lowest BCUT2D eigenvalue weighted by Crippen LogP contribution is -2.49. The second-order valence-corrected chi connectivity index (χ2v) is 7.15. The Morgan fingerprint density at radius 1 is 1.65 bits per heavy atom. The number of hydrogen-bond acceptors (Lipinski definition) is 3. The molecule has 110 valence electrons. The van der Waals surface area contributed by atoms with Crippen LogP contribution in [-0.4, -0.2) is 29.9 Å². The van der Waals surface area contributed by atoms with Gasteiger partial charge in [0.05, 0.1) is 16.9 Å². The predicted octanol–water partition coefficient (Wildman–Crippen LogP) is 3.30. The van der Waals surface area contributed by atoms with E-state index in [4.69, 9.17) is 11.6 Å². The Balaban J connectivity index is 2.03. The number of thiophene rings is 1. The van der Waals surface area contributed by atoms with Crippen LogP contribution in [0.5, 0.6) is 0 Å². The van der Waals surface area contributed by atoms with Crippen LogP contribution in [0.25, 0.3) is 0 Å². The molecule has 1 aromatic rings. The lowest BCUT2D eigenvalue weighted by Gasteiger charge is -2.31. The third kappa shape index (κ3) is 4.08. The number of hydrogen-bond donors (Lipinski definition) is 1. The molecule has 0 saturated carbocycles. The lowest BCUT2D eigenvalue weighted by molar-refractivity contribution is -0.134. The van der Waals surface area contributed by atoms with Crippen LogP contribution in [0.4, 0.5) is 0 Å². The standard InChI is InChI=1S/C15H21ClN2OS/c1-3-8-18(10-12-4-5-14(16)20-12)15(19)13-9-11(2)6-7-17-13/h3-5,11,13,17H,1,6-10H2,2H3. The average Bonchev–Trinajstić information content (AvgIpc) is 2.83. The van der Waals surface area contributed by atoms with Gasteiger partial charge in [0.15, 0.2) is 0 Å². The van der Waals surface area contributed by atoms with Crippen molar-refractivity contribution in [3.05, 3.63) is 34.0 Å². The van der Waals surface area contributed by atoms with E-state index < -0.39 is 0 Å². The van der Waals surface area contributed by atoms with E-state index in [2.05, 4.69) is 18.8 Å². The minimum atomic E-state index is -0.0610. The molecule has 2 heterocycles. The normalized spacial score (nSPS) is 22.5. The van der Waals surface area contributed by atoms with E-state index in [0.717, 1.165) is 28.6 Å². The van der Waals surface area contributed by atoms with Gasteiger partial charge in [0.2, 0.25) is 5.91 Å². The smallest absolute Gasteiger partial charge is 0.240 e. The molecular formula is C15H21ClN2OS. The van der Waals surface area contributed by atoms with Crippen LogP contribution in [0.1, 0.15) is 24.6 Å². The topological polar surface area (TPSA) is 32.3 Å². The Kier molecular flexibility index (Phi) is 5.64. The summed E-state index contributed by atoms with van der Waals surface area (Å²) >= 11 is 7.47. The maximum absolute atomic E-state index is 12.6. The number of rotatable bonds is 5. The van der Waals surface area contributed by atoms with Crippen molar-refractivity contribution >= 4 is 28.8 Å². The summed E-state index contributed by atoms with van der Waals surface area (Å²) in [7, 11) is 0. The molecule has 20 heavy (non-hydrogen) atoms. The fourth-order valence-corrected chi connectivity index (χ4v) is 3.63. The summed E-state index contributed by atoms with van der Waals surface area (Å²) in [6, 6.07) is 3.79. The third-order valence-corrected chi connectivity index (χ3v) is 4.82. The van der Waals surface area contributed by atoms with Crippen molar-refractivity contribution in [3.63, 3.8) is 0 Å². The first-order chi connectivity index (χ1) is 9.60. The van der Waals surface area contributed by atoms with Crippen LogP contribution in [0, 0.1) is 5.92 Å². The Hall–Kier alpha value is -0.840. The van der Waals surface area contributed by atoms with Gasteiger partial charge in [-0.2, -0.15) is 0 Å². The van der Waals surface area contributed by atoms with E-state index in [9.17, 15) is 4.79 Å². The zero-order chi connectivity index (χ0) is 14.5. The van der Waals surface area contributed by atoms with Crippen molar-refractivity contribution in [2.24, 2.45) is 5.92 Å². The van der Waals surface area contributed by atoms with E-state index in [-0.39, 0.29) is 11.9 Å². The van der Waals surface area contributed by atoms with Crippen molar-refractivity contribution in [2.45, 2.75) is 32.4 Å². The monoisotopic (exact) mass is 312 g/mol. The van der Waals surface area contributed by atoms with Gasteiger partial charge in [-0.1, -0.05) is 24.6 Å². The molecule has 1 aliphatic heterocycles. The SMILES string of the molecule is C=CCN(Cc1ccc(Cl)s1)C(=O)C1CC(C)CCN1. The molecule has 0 aromatic carbocycles. The van der Waals surface area contributed by atoms with Crippen LogP contribution in [0.2, 0.25) is 4.34 Å². The molecule has 5 heteroatoms. The first-order valence-corrected chi connectivity index (χ1v) is 8.17. The van der Waals surface area contributed by atoms with Crippen molar-refractivity contribution in [1.29, 1.82) is 0 Å². The number of piperidine rings is 1. The number of halogens is 1. The van der Waals surface area contributed by atoms with Gasteiger partial charge in [-0.3, -0.25) is 4.79 Å². The summed E-state index contributed by atoms with van der Waals surface area (Å²) in [5.41, 5.74) is 0. The Labute approximate surface area is 129 Å². The first kappa shape index (κ1) is 15.5. The molecule has 2 unspecified atom stereocenters. The molecule has 1 fully saturated rings. The predicted molar refractivity (Wildman–Crippen MR) is 85.1 cm³/mol. The van der Waals surface area contributed by atoms with Crippen LogP contribution in [0.3, 0.4) is 0 Å². The summed E-state index contributed by atoms with van der Waals surface area (Å²) in [6.07, 6.45) is 3.84. The Morgan fingerprint density at radius 2 is 2.45 bits per heavy atom. The van der Waals surface area contributed by atoms with Gasteiger partial charge >= 0.3 is 0 Å². The molecule has 0 bridgehead atoms. The van der Waals surface area contributed by atoms with Gasteiger partial charge in [-0.15, -0.1) is 17.9 Å². The summed E-state index contributed by atoms with van der Waals surface area (Å²) in [5, 5.41) is 3.33. The van der Waals surface area contributed by atoms with Gasteiger partial charge in [-0.05, 0) is 37.4 Å². The molecule has 0 aliphatic carbocycles. The molecule has 1 amide bonds. The molecule has 3 nitrogen and oxygen atoms in total. The largest absolute Gasteiger partial charge is 0.332 e. The molecule has 2 rings (SSSR count). The molecule has 1 aliphatic rings. The number of nitrogens with one attached hydrogen (secondary N) is 1. The summed E-state index contributed by atoms with van der Waals surface area (Å²) in [4.78, 5) is 15.6. The minimum Gasteiger partial charge on any atom is -0.332 e. The molecule has 0 radical (unpaired) electrons. The van der Waals surface area contributed by atoms with Gasteiger partial charge in [0.1, 0.15) is 0 Å². The highest BCUT2D eigenvalue weighted by molar-refractivity contribution is 7.16. The highest BCUT2D eigenvalue weighted by atomic mass is 35.5. The number of nitrogens with zero attached hydrogens (tertiary/aromatic N) is 1. The summed E-state index contributed by atoms with van der Waals surface area (Å²) in [6.45, 7) is 8.06. The highest BCUT2D eigenvalue weighted by Crippen LogP contribution is 2.24. The molecule has 1 saturated heterocycles. The van der Waals surface area contributed by atoms with Gasteiger partial charge in [0, 0.05) is 11.4 Å². The molecule has 2 atom stereocenters. The number of carbonyl (C=O) groups excluding carboxylic acids is 1. The Morgan fingerprint density at radius 3 is 3.05 bits per heavy atom. The fraction of sp³-hybridized carbons (Fsp3) is 0.533. The second kappa shape index (κ2) is 7.25. The highest BCUT2D eigenvalue weighted by Gasteiger charge is 2.28. The molecule has 1 N–H and O–H groups in total. The van der Waals surface area contributed by atoms with Gasteiger partial charge in [-0.25, -0.2) is 0 Å². The van der Waals surface area contributed by atoms with Gasteiger partial charge < -0.3 is 10.2 Å².